The summed E-state index contributed by atoms with van der Waals surface area (Å²) in [6.45, 7) is 10.2. The maximum atomic E-state index is 5.55. The third-order valence-electron chi connectivity index (χ3n) is 4.65. The molecule has 1 fully saturated rings. The van der Waals surface area contributed by atoms with Crippen LogP contribution in [0.4, 0.5) is 0 Å². The fourth-order valence-corrected chi connectivity index (χ4v) is 4.23. The summed E-state index contributed by atoms with van der Waals surface area (Å²) in [5, 5.41) is 6.93. The molecular weight excluding hydrogens is 356 g/mol. The maximum Gasteiger partial charge on any atom is 0.191 e. The Morgan fingerprint density at radius 1 is 1.15 bits per heavy atom. The van der Waals surface area contributed by atoms with Gasteiger partial charge < -0.3 is 15.4 Å². The fraction of sp³-hybridized carbons (Fsp3) is 0.476. The predicted molar refractivity (Wildman–Crippen MR) is 113 cm³/mol. The summed E-state index contributed by atoms with van der Waals surface area (Å²) in [6, 6.07) is 15.2. The molecule has 0 saturated carbocycles. The van der Waals surface area contributed by atoms with Gasteiger partial charge >= 0.3 is 0 Å². The van der Waals surface area contributed by atoms with Gasteiger partial charge in [0.25, 0.3) is 0 Å². The molecule has 1 saturated heterocycles. The van der Waals surface area contributed by atoms with Crippen LogP contribution in [0.1, 0.15) is 28.3 Å². The van der Waals surface area contributed by atoms with Gasteiger partial charge in [0.1, 0.15) is 0 Å². The van der Waals surface area contributed by atoms with Crippen molar-refractivity contribution < 1.29 is 4.74 Å². The summed E-state index contributed by atoms with van der Waals surface area (Å²) in [4.78, 5) is 10.0. The molecule has 6 heteroatoms. The Morgan fingerprint density at radius 3 is 2.59 bits per heavy atom. The van der Waals surface area contributed by atoms with Crippen molar-refractivity contribution in [2.75, 3.05) is 39.4 Å². The number of thiophene rings is 1. The van der Waals surface area contributed by atoms with E-state index >= 15 is 0 Å². The molecule has 27 heavy (non-hydrogen) atoms. The fourth-order valence-electron chi connectivity index (χ4n) is 3.22. The highest BCUT2D eigenvalue weighted by Crippen LogP contribution is 2.27. The molecule has 1 aromatic carbocycles. The average molecular weight is 387 g/mol. The van der Waals surface area contributed by atoms with Gasteiger partial charge in [-0.05, 0) is 31.5 Å². The number of guanidine groups is 1. The Morgan fingerprint density at radius 2 is 1.93 bits per heavy atom. The smallest absolute Gasteiger partial charge is 0.191 e. The van der Waals surface area contributed by atoms with Crippen molar-refractivity contribution in [2.24, 2.45) is 4.99 Å². The van der Waals surface area contributed by atoms with Crippen molar-refractivity contribution in [1.82, 2.24) is 15.5 Å². The lowest BCUT2D eigenvalue weighted by atomic mass is 10.2. The number of nitrogens with one attached hydrogen (secondary N) is 2. The standard InChI is InChI=1S/C21H30N4OS/c1-3-22-21(23-15-18-7-5-4-6-8-18)24-16-19(20-10-9-17(2)27-20)25-11-13-26-14-12-25/h4-10,19H,3,11-16H2,1-2H3,(H2,22,23,24). The van der Waals surface area contributed by atoms with Crippen LogP contribution in [0, 0.1) is 6.92 Å². The molecular formula is C21H30N4OS. The van der Waals surface area contributed by atoms with E-state index in [9.17, 15) is 0 Å². The molecule has 0 bridgehead atoms. The third-order valence-corrected chi connectivity index (χ3v) is 5.75. The van der Waals surface area contributed by atoms with Gasteiger partial charge in [-0.1, -0.05) is 30.3 Å². The first-order chi connectivity index (χ1) is 13.3. The molecule has 3 rings (SSSR count). The van der Waals surface area contributed by atoms with Crippen molar-refractivity contribution >= 4 is 17.3 Å². The summed E-state index contributed by atoms with van der Waals surface area (Å²) >= 11 is 1.88. The number of benzene rings is 1. The molecule has 0 amide bonds. The summed E-state index contributed by atoms with van der Waals surface area (Å²) in [5.74, 6) is 0.868. The van der Waals surface area contributed by atoms with Crippen molar-refractivity contribution in [3.05, 3.63) is 57.8 Å². The lowest BCUT2D eigenvalue weighted by Crippen LogP contribution is -2.46. The van der Waals surface area contributed by atoms with Gasteiger partial charge in [0.15, 0.2) is 5.96 Å². The second-order valence-electron chi connectivity index (χ2n) is 6.67. The Balaban J connectivity index is 1.67. The van der Waals surface area contributed by atoms with Crippen LogP contribution in [0.3, 0.4) is 0 Å². The normalized spacial score (nSPS) is 16.9. The highest BCUT2D eigenvalue weighted by atomic mass is 32.1. The first kappa shape index (κ1) is 19.9. The van der Waals surface area contributed by atoms with E-state index in [0.717, 1.165) is 45.4 Å². The molecule has 1 aromatic heterocycles. The summed E-state index contributed by atoms with van der Waals surface area (Å²) < 4.78 is 5.55. The van der Waals surface area contributed by atoms with Crippen molar-refractivity contribution in [3.8, 4) is 0 Å². The van der Waals surface area contributed by atoms with Crippen molar-refractivity contribution in [3.63, 3.8) is 0 Å². The summed E-state index contributed by atoms with van der Waals surface area (Å²) in [5.41, 5.74) is 1.22. The van der Waals surface area contributed by atoms with Gasteiger partial charge in [0, 0.05) is 35.9 Å². The monoisotopic (exact) mass is 386 g/mol. The number of rotatable bonds is 7. The van der Waals surface area contributed by atoms with Gasteiger partial charge in [-0.25, -0.2) is 4.99 Å². The van der Waals surface area contributed by atoms with E-state index in [2.05, 4.69) is 65.8 Å². The molecule has 1 aliphatic rings. The zero-order valence-corrected chi connectivity index (χ0v) is 17.1. The van der Waals surface area contributed by atoms with Crippen LogP contribution in [-0.2, 0) is 11.3 Å². The topological polar surface area (TPSA) is 48.9 Å². The van der Waals surface area contributed by atoms with E-state index in [4.69, 9.17) is 9.73 Å². The van der Waals surface area contributed by atoms with Gasteiger partial charge in [-0.3, -0.25) is 4.90 Å². The van der Waals surface area contributed by atoms with Gasteiger partial charge in [0.05, 0.1) is 25.8 Å². The molecule has 5 nitrogen and oxygen atoms in total. The predicted octanol–water partition coefficient (Wildman–Crippen LogP) is 3.19. The highest BCUT2D eigenvalue weighted by molar-refractivity contribution is 7.12. The van der Waals surface area contributed by atoms with Crippen molar-refractivity contribution in [1.29, 1.82) is 0 Å². The van der Waals surface area contributed by atoms with Gasteiger partial charge in [0.2, 0.25) is 0 Å². The van der Waals surface area contributed by atoms with E-state index in [1.165, 1.54) is 15.3 Å². The number of morpholine rings is 1. The minimum Gasteiger partial charge on any atom is -0.379 e. The lowest BCUT2D eigenvalue weighted by molar-refractivity contribution is 0.0177. The number of hydrogen-bond donors (Lipinski definition) is 2. The van der Waals surface area contributed by atoms with Crippen LogP contribution >= 0.6 is 11.3 Å². The van der Waals surface area contributed by atoms with E-state index < -0.39 is 0 Å². The van der Waals surface area contributed by atoms with E-state index in [1.807, 2.05) is 17.4 Å². The zero-order chi connectivity index (χ0) is 18.9. The first-order valence-electron chi connectivity index (χ1n) is 9.70. The molecule has 2 heterocycles. The number of aliphatic imine (C=N–C) groups is 1. The van der Waals surface area contributed by atoms with Crippen LogP contribution in [0.15, 0.2) is 47.5 Å². The minimum atomic E-state index is 0.341. The lowest BCUT2D eigenvalue weighted by Gasteiger charge is -2.34. The van der Waals surface area contributed by atoms with E-state index in [1.54, 1.807) is 0 Å². The van der Waals surface area contributed by atoms with E-state index in [0.29, 0.717) is 12.6 Å². The van der Waals surface area contributed by atoms with Crippen LogP contribution in [0.25, 0.3) is 0 Å². The molecule has 1 unspecified atom stereocenters. The maximum absolute atomic E-state index is 5.55. The first-order valence-corrected chi connectivity index (χ1v) is 10.5. The summed E-state index contributed by atoms with van der Waals surface area (Å²) in [7, 11) is 0. The molecule has 1 aliphatic heterocycles. The minimum absolute atomic E-state index is 0.341. The van der Waals surface area contributed by atoms with Gasteiger partial charge in [-0.15, -0.1) is 11.3 Å². The number of hydrogen-bond acceptors (Lipinski definition) is 4. The highest BCUT2D eigenvalue weighted by Gasteiger charge is 2.24. The van der Waals surface area contributed by atoms with Crippen LogP contribution in [0.2, 0.25) is 0 Å². The molecule has 146 valence electrons. The Hall–Kier alpha value is -1.89. The third kappa shape index (κ3) is 6.06. The largest absolute Gasteiger partial charge is 0.379 e. The van der Waals surface area contributed by atoms with Crippen LogP contribution < -0.4 is 10.6 Å². The number of ether oxygens (including phenoxy) is 1. The molecule has 2 aromatic rings. The second kappa shape index (κ2) is 10.4. The molecule has 0 aliphatic carbocycles. The molecule has 0 spiro atoms. The van der Waals surface area contributed by atoms with Crippen molar-refractivity contribution in [2.45, 2.75) is 26.4 Å². The van der Waals surface area contributed by atoms with Gasteiger partial charge in [-0.2, -0.15) is 0 Å². The molecule has 0 radical (unpaired) electrons. The quantitative estimate of drug-likeness (QED) is 0.567. The molecule has 2 N–H and O–H groups in total. The molecule has 1 atom stereocenters. The summed E-state index contributed by atoms with van der Waals surface area (Å²) in [6.07, 6.45) is 0. The SMILES string of the molecule is CCNC(=NCc1ccccc1)NCC(c1ccc(C)s1)N1CCOCC1. The zero-order valence-electron chi connectivity index (χ0n) is 16.3. The van der Waals surface area contributed by atoms with E-state index in [-0.39, 0.29) is 0 Å². The Kier molecular flexibility index (Phi) is 7.68. The number of aryl methyl sites for hydroxylation is 1. The average Bonchev–Trinajstić information content (AvgIpc) is 3.14. The number of nitrogens with zero attached hydrogens (tertiary/aromatic N) is 2. The Labute approximate surface area is 166 Å². The van der Waals surface area contributed by atoms with Crippen LogP contribution in [-0.4, -0.2) is 50.3 Å². The van der Waals surface area contributed by atoms with Crippen LogP contribution in [0.5, 0.6) is 0 Å². The Bertz CT molecular complexity index is 710. The second-order valence-corrected chi connectivity index (χ2v) is 7.99.